The van der Waals surface area contributed by atoms with Crippen molar-refractivity contribution in [3.05, 3.63) is 47.0 Å². The van der Waals surface area contributed by atoms with Gasteiger partial charge in [0, 0.05) is 5.56 Å². The zero-order chi connectivity index (χ0) is 17.1. The third-order valence-electron chi connectivity index (χ3n) is 6.49. The van der Waals surface area contributed by atoms with Crippen LogP contribution in [0.3, 0.4) is 0 Å². The number of rotatable bonds is 3. The maximum Gasteiger partial charge on any atom is 0.129 e. The molecule has 2 fully saturated rings. The zero-order valence-corrected chi connectivity index (χ0v) is 15.0. The average Bonchev–Trinajstić information content (AvgIpc) is 2.60. The summed E-state index contributed by atoms with van der Waals surface area (Å²) in [5, 5.41) is 0. The van der Waals surface area contributed by atoms with Crippen LogP contribution in [0, 0.1) is 36.3 Å². The van der Waals surface area contributed by atoms with Crippen molar-refractivity contribution in [2.45, 2.75) is 71.1 Å². The van der Waals surface area contributed by atoms with Gasteiger partial charge in [-0.25, -0.2) is 8.78 Å². The second-order valence-corrected chi connectivity index (χ2v) is 7.92. The lowest BCUT2D eigenvalue weighted by Gasteiger charge is -2.37. The molecule has 0 aromatic heterocycles. The summed E-state index contributed by atoms with van der Waals surface area (Å²) in [5.74, 6) is 2.04. The van der Waals surface area contributed by atoms with Crippen LogP contribution in [-0.2, 0) is 0 Å². The fourth-order valence-electron chi connectivity index (χ4n) is 4.91. The van der Waals surface area contributed by atoms with Crippen molar-refractivity contribution < 1.29 is 8.78 Å². The highest BCUT2D eigenvalue weighted by molar-refractivity contribution is 5.28. The number of benzene rings is 1. The van der Waals surface area contributed by atoms with Crippen molar-refractivity contribution in [3.8, 4) is 0 Å². The third-order valence-corrected chi connectivity index (χ3v) is 6.49. The average molecular weight is 332 g/mol. The quantitative estimate of drug-likeness (QED) is 0.526. The minimum Gasteiger partial charge on any atom is -0.207 e. The van der Waals surface area contributed by atoms with E-state index in [9.17, 15) is 8.78 Å². The Morgan fingerprint density at radius 1 is 0.833 bits per heavy atom. The fraction of sp³-hybridized carbons (Fsp3) is 0.636. The Morgan fingerprint density at radius 3 is 1.83 bits per heavy atom. The SMILES string of the molecule is C/C=C/C1CCC(C2CCC(c3cc(F)c(C)c(F)c3)CC2)CC1. The number of hydrogen-bond donors (Lipinski definition) is 0. The molecule has 0 radical (unpaired) electrons. The van der Waals surface area contributed by atoms with E-state index in [1.807, 2.05) is 0 Å². The van der Waals surface area contributed by atoms with E-state index >= 15 is 0 Å². The predicted molar refractivity (Wildman–Crippen MR) is 96.1 cm³/mol. The van der Waals surface area contributed by atoms with E-state index in [4.69, 9.17) is 0 Å². The summed E-state index contributed by atoms with van der Waals surface area (Å²) in [6, 6.07) is 3.12. The van der Waals surface area contributed by atoms with E-state index in [0.717, 1.165) is 36.2 Å². The molecule has 0 amide bonds. The minimum absolute atomic E-state index is 0.144. The first-order valence-corrected chi connectivity index (χ1v) is 9.66. The van der Waals surface area contributed by atoms with Crippen molar-refractivity contribution in [2.75, 3.05) is 0 Å². The molecule has 1 aromatic rings. The molecular weight excluding hydrogens is 302 g/mol. The topological polar surface area (TPSA) is 0 Å². The highest BCUT2D eigenvalue weighted by Crippen LogP contribution is 2.44. The van der Waals surface area contributed by atoms with E-state index in [0.29, 0.717) is 5.92 Å². The van der Waals surface area contributed by atoms with Gasteiger partial charge in [0.1, 0.15) is 11.6 Å². The van der Waals surface area contributed by atoms with Gasteiger partial charge < -0.3 is 0 Å². The Balaban J connectivity index is 1.55. The molecule has 0 saturated heterocycles. The van der Waals surface area contributed by atoms with Gasteiger partial charge in [-0.3, -0.25) is 0 Å². The lowest BCUT2D eigenvalue weighted by atomic mass is 9.68. The van der Waals surface area contributed by atoms with E-state index < -0.39 is 11.6 Å². The van der Waals surface area contributed by atoms with Gasteiger partial charge in [-0.05, 0) is 107 Å². The smallest absolute Gasteiger partial charge is 0.129 e. The molecule has 0 N–H and O–H groups in total. The summed E-state index contributed by atoms with van der Waals surface area (Å²) < 4.78 is 27.6. The summed E-state index contributed by atoms with van der Waals surface area (Å²) in [7, 11) is 0. The summed E-state index contributed by atoms with van der Waals surface area (Å²) >= 11 is 0. The number of hydrogen-bond acceptors (Lipinski definition) is 0. The number of allylic oxidation sites excluding steroid dienone is 2. The van der Waals surface area contributed by atoms with Gasteiger partial charge in [-0.1, -0.05) is 12.2 Å². The first-order chi connectivity index (χ1) is 11.6. The summed E-state index contributed by atoms with van der Waals surface area (Å²) in [5.41, 5.74) is 1.01. The lowest BCUT2D eigenvalue weighted by Crippen LogP contribution is -2.25. The van der Waals surface area contributed by atoms with Gasteiger partial charge >= 0.3 is 0 Å². The first kappa shape index (κ1) is 17.6. The van der Waals surface area contributed by atoms with Crippen LogP contribution < -0.4 is 0 Å². The highest BCUT2D eigenvalue weighted by atomic mass is 19.1. The molecule has 1 aromatic carbocycles. The molecule has 0 bridgehead atoms. The lowest BCUT2D eigenvalue weighted by molar-refractivity contribution is 0.171. The maximum atomic E-state index is 13.8. The van der Waals surface area contributed by atoms with Crippen LogP contribution in [0.2, 0.25) is 0 Å². The Bertz CT molecular complexity index is 551. The summed E-state index contributed by atoms with van der Waals surface area (Å²) in [4.78, 5) is 0. The van der Waals surface area contributed by atoms with Crippen molar-refractivity contribution in [1.82, 2.24) is 0 Å². The van der Waals surface area contributed by atoms with E-state index in [-0.39, 0.29) is 5.56 Å². The monoisotopic (exact) mass is 332 g/mol. The molecule has 0 nitrogen and oxygen atoms in total. The molecule has 2 aliphatic carbocycles. The van der Waals surface area contributed by atoms with Crippen LogP contribution >= 0.6 is 0 Å². The van der Waals surface area contributed by atoms with Crippen LogP contribution in [0.4, 0.5) is 8.78 Å². The van der Waals surface area contributed by atoms with E-state index in [1.165, 1.54) is 45.4 Å². The maximum absolute atomic E-state index is 13.8. The standard InChI is InChI=1S/C22H30F2/c1-3-4-16-5-7-17(8-6-16)18-9-11-19(12-10-18)20-13-21(23)15(2)22(24)14-20/h3-4,13-14,16-19H,5-12H2,1-2H3/b4-3+. The Hall–Kier alpha value is -1.18. The Kier molecular flexibility index (Phi) is 5.73. The fourth-order valence-corrected chi connectivity index (χ4v) is 4.91. The molecule has 0 heterocycles. The van der Waals surface area contributed by atoms with Gasteiger partial charge in [0.15, 0.2) is 0 Å². The molecule has 0 atom stereocenters. The molecule has 2 saturated carbocycles. The van der Waals surface area contributed by atoms with Gasteiger partial charge in [-0.2, -0.15) is 0 Å². The van der Waals surface area contributed by atoms with Crippen molar-refractivity contribution >= 4 is 0 Å². The minimum atomic E-state index is -0.394. The molecule has 2 heteroatoms. The van der Waals surface area contributed by atoms with Crippen molar-refractivity contribution in [1.29, 1.82) is 0 Å². The molecule has 0 spiro atoms. The highest BCUT2D eigenvalue weighted by Gasteiger charge is 2.31. The van der Waals surface area contributed by atoms with Crippen LogP contribution in [0.5, 0.6) is 0 Å². The number of halogens is 2. The first-order valence-electron chi connectivity index (χ1n) is 9.66. The molecule has 0 unspecified atom stereocenters. The molecule has 24 heavy (non-hydrogen) atoms. The van der Waals surface area contributed by atoms with E-state index in [1.54, 1.807) is 12.1 Å². The third kappa shape index (κ3) is 3.90. The van der Waals surface area contributed by atoms with Crippen molar-refractivity contribution in [3.63, 3.8) is 0 Å². The Morgan fingerprint density at radius 2 is 1.33 bits per heavy atom. The molecule has 2 aliphatic rings. The van der Waals surface area contributed by atoms with Gasteiger partial charge in [0.2, 0.25) is 0 Å². The molecule has 3 rings (SSSR count). The second-order valence-electron chi connectivity index (χ2n) is 7.92. The summed E-state index contributed by atoms with van der Waals surface area (Å²) in [6.07, 6.45) is 14.6. The van der Waals surface area contributed by atoms with Crippen LogP contribution in [0.1, 0.15) is 75.3 Å². The van der Waals surface area contributed by atoms with Gasteiger partial charge in [-0.15, -0.1) is 0 Å². The van der Waals surface area contributed by atoms with Crippen molar-refractivity contribution in [2.24, 2.45) is 17.8 Å². The van der Waals surface area contributed by atoms with E-state index in [2.05, 4.69) is 19.1 Å². The molecule has 132 valence electrons. The Labute approximate surface area is 145 Å². The van der Waals surface area contributed by atoms with Crippen LogP contribution in [0.15, 0.2) is 24.3 Å². The normalized spacial score (nSPS) is 31.5. The summed E-state index contributed by atoms with van der Waals surface area (Å²) in [6.45, 7) is 3.62. The van der Waals surface area contributed by atoms with Gasteiger partial charge in [0.25, 0.3) is 0 Å². The molecule has 0 aliphatic heterocycles. The zero-order valence-electron chi connectivity index (χ0n) is 15.0. The van der Waals surface area contributed by atoms with Crippen LogP contribution in [0.25, 0.3) is 0 Å². The largest absolute Gasteiger partial charge is 0.207 e. The second kappa shape index (κ2) is 7.80. The molecular formula is C22H30F2. The van der Waals surface area contributed by atoms with Crippen LogP contribution in [-0.4, -0.2) is 0 Å². The predicted octanol–water partition coefficient (Wildman–Crippen LogP) is 6.93. The van der Waals surface area contributed by atoms with Gasteiger partial charge in [0.05, 0.1) is 0 Å².